The summed E-state index contributed by atoms with van der Waals surface area (Å²) in [6, 6.07) is 6.48. The Balaban J connectivity index is 1.39. The van der Waals surface area contributed by atoms with Gasteiger partial charge in [-0.2, -0.15) is 0 Å². The number of H-pyrrole nitrogens is 1. The van der Waals surface area contributed by atoms with Crippen LogP contribution in [0.1, 0.15) is 100 Å². The molecule has 1 aliphatic carbocycles. The number of anilines is 1. The summed E-state index contributed by atoms with van der Waals surface area (Å²) in [5.41, 5.74) is -0.605. The Hall–Kier alpha value is -4.76. The Bertz CT molecular complexity index is 2450. The molecule has 344 valence electrons. The number of aryl methyl sites for hydroxylation is 2. The molecule has 1 aromatic heterocycles. The van der Waals surface area contributed by atoms with Crippen LogP contribution < -0.4 is 9.64 Å². The third-order valence-electron chi connectivity index (χ3n) is 16.7. The van der Waals surface area contributed by atoms with Crippen LogP contribution >= 0.6 is 0 Å². The highest BCUT2D eigenvalue weighted by Crippen LogP contribution is 2.68. The van der Waals surface area contributed by atoms with E-state index in [0.717, 1.165) is 29.3 Å². The molecule has 2 aromatic carbocycles. The van der Waals surface area contributed by atoms with Gasteiger partial charge in [0.15, 0.2) is 6.10 Å². The molecule has 3 fully saturated rings. The van der Waals surface area contributed by atoms with Gasteiger partial charge in [0.05, 0.1) is 38.7 Å². The summed E-state index contributed by atoms with van der Waals surface area (Å²) in [4.78, 5) is 66.8. The molecule has 6 heterocycles. The fraction of sp³-hybridized carbons (Fsp3) is 0.600. The maximum absolute atomic E-state index is 15.6. The number of rotatable bonds is 10. The van der Waals surface area contributed by atoms with Gasteiger partial charge >= 0.3 is 17.9 Å². The van der Waals surface area contributed by atoms with Gasteiger partial charge in [-0.3, -0.25) is 24.2 Å². The van der Waals surface area contributed by atoms with E-state index in [1.54, 1.807) is 6.07 Å². The van der Waals surface area contributed by atoms with Crippen molar-refractivity contribution in [2.24, 2.45) is 11.3 Å². The molecule has 2 bridgehead atoms. The highest BCUT2D eigenvalue weighted by atomic mass is 16.6. The average Bonchev–Trinajstić information content (AvgIpc) is 3.97. The van der Waals surface area contributed by atoms with Crippen LogP contribution in [0.2, 0.25) is 0 Å². The number of hydrogen-bond donors (Lipinski definition) is 3. The molecule has 10 atom stereocenters. The van der Waals surface area contributed by atoms with Crippen molar-refractivity contribution in [1.29, 1.82) is 0 Å². The summed E-state index contributed by atoms with van der Waals surface area (Å²) in [6.45, 7) is 12.5. The molecule has 5 aliphatic heterocycles. The van der Waals surface area contributed by atoms with Gasteiger partial charge < -0.3 is 39.0 Å². The number of piperidine rings is 1. The Morgan fingerprint density at radius 2 is 1.64 bits per heavy atom. The molecule has 2 saturated heterocycles. The molecule has 1 amide bonds. The molecule has 14 nitrogen and oxygen atoms in total. The molecule has 3 N–H and O–H groups in total. The van der Waals surface area contributed by atoms with Crippen LogP contribution in [0, 0.1) is 11.3 Å². The number of aromatic nitrogens is 1. The minimum absolute atomic E-state index is 0.162. The molecule has 6 aliphatic rings. The molecule has 1 unspecified atom stereocenters. The van der Waals surface area contributed by atoms with Gasteiger partial charge in [-0.25, -0.2) is 4.79 Å². The van der Waals surface area contributed by atoms with Gasteiger partial charge in [0.1, 0.15) is 11.2 Å². The Kier molecular flexibility index (Phi) is 10.9. The minimum atomic E-state index is -2.54. The van der Waals surface area contributed by atoms with Crippen molar-refractivity contribution in [3.63, 3.8) is 0 Å². The first-order valence-corrected chi connectivity index (χ1v) is 23.2. The fourth-order valence-electron chi connectivity index (χ4n) is 14.2. The molecular formula is C50H64N4O10. The SMILES string of the molecule is CCc1cc2[nH]c3c(c2cc1CC)CCN1C[C@H](C[C@@](O)(CC)C1)C[C@]3(C(=O)OC)c1cc2c(cc1OC)N(C=O)[C@H]1[C@@](O)(C(=O)OC)[C@H](OC(C)=O)[C@]3(CC)C=CCN4CC[C@]21[C@@H]43. The van der Waals surface area contributed by atoms with Crippen LogP contribution in [-0.2, 0) is 63.5 Å². The van der Waals surface area contributed by atoms with E-state index in [2.05, 4.69) is 40.8 Å². The van der Waals surface area contributed by atoms with Crippen molar-refractivity contribution in [2.45, 2.75) is 126 Å². The summed E-state index contributed by atoms with van der Waals surface area (Å²) in [7, 11) is 4.13. The lowest BCUT2D eigenvalue weighted by molar-refractivity contribution is -0.228. The summed E-state index contributed by atoms with van der Waals surface area (Å²) < 4.78 is 23.9. The summed E-state index contributed by atoms with van der Waals surface area (Å²) in [5.74, 6) is -2.05. The number of ether oxygens (including phenoxy) is 4. The van der Waals surface area contributed by atoms with Crippen LogP contribution in [-0.4, -0.2) is 133 Å². The van der Waals surface area contributed by atoms with Crippen molar-refractivity contribution >= 4 is 40.9 Å². The van der Waals surface area contributed by atoms with E-state index in [4.69, 9.17) is 18.9 Å². The fourth-order valence-corrected chi connectivity index (χ4v) is 14.2. The van der Waals surface area contributed by atoms with Crippen LogP contribution in [0.3, 0.4) is 0 Å². The highest BCUT2D eigenvalue weighted by Gasteiger charge is 2.81. The molecule has 9 rings (SSSR count). The number of carbonyl (C=O) groups excluding carboxylic acids is 4. The van der Waals surface area contributed by atoms with Gasteiger partial charge in [0.25, 0.3) is 0 Å². The van der Waals surface area contributed by atoms with Gasteiger partial charge in [-0.1, -0.05) is 39.8 Å². The number of fused-ring (bicyclic) bond motifs is 6. The number of aliphatic hydroxyl groups is 2. The topological polar surface area (TPSA) is 171 Å². The van der Waals surface area contributed by atoms with Crippen molar-refractivity contribution in [3.05, 3.63) is 69.9 Å². The number of methoxy groups -OCH3 is 3. The number of benzene rings is 2. The number of esters is 3. The van der Waals surface area contributed by atoms with E-state index in [0.29, 0.717) is 99.5 Å². The lowest BCUT2D eigenvalue weighted by Crippen LogP contribution is -2.81. The van der Waals surface area contributed by atoms with E-state index in [1.807, 2.05) is 32.1 Å². The summed E-state index contributed by atoms with van der Waals surface area (Å²) in [6.07, 6.45) is 7.55. The van der Waals surface area contributed by atoms with Crippen LogP contribution in [0.5, 0.6) is 5.75 Å². The van der Waals surface area contributed by atoms with Crippen LogP contribution in [0.25, 0.3) is 10.9 Å². The number of amides is 1. The minimum Gasteiger partial charge on any atom is -0.496 e. The highest BCUT2D eigenvalue weighted by molar-refractivity contribution is 5.97. The molecule has 1 saturated carbocycles. The first kappa shape index (κ1) is 44.4. The van der Waals surface area contributed by atoms with Crippen molar-refractivity contribution in [3.8, 4) is 5.75 Å². The van der Waals surface area contributed by atoms with E-state index in [9.17, 15) is 24.6 Å². The number of nitrogens with zero attached hydrogens (tertiary/aromatic N) is 3. The third-order valence-corrected chi connectivity index (χ3v) is 16.7. The van der Waals surface area contributed by atoms with Crippen LogP contribution in [0.4, 0.5) is 5.69 Å². The zero-order valence-electron chi connectivity index (χ0n) is 38.5. The quantitative estimate of drug-likeness (QED) is 0.112. The number of hydrogen-bond acceptors (Lipinski definition) is 12. The van der Waals surface area contributed by atoms with E-state index in [-0.39, 0.29) is 12.3 Å². The number of aromatic amines is 1. The van der Waals surface area contributed by atoms with E-state index in [1.165, 1.54) is 44.3 Å². The third kappa shape index (κ3) is 5.83. The monoisotopic (exact) mass is 880 g/mol. The van der Waals surface area contributed by atoms with Crippen molar-refractivity contribution in [2.75, 3.05) is 59.0 Å². The van der Waals surface area contributed by atoms with Crippen molar-refractivity contribution < 1.29 is 48.3 Å². The first-order valence-electron chi connectivity index (χ1n) is 23.2. The summed E-state index contributed by atoms with van der Waals surface area (Å²) >= 11 is 0. The van der Waals surface area contributed by atoms with Gasteiger partial charge in [-0.15, -0.1) is 0 Å². The zero-order valence-corrected chi connectivity index (χ0v) is 38.5. The Morgan fingerprint density at radius 1 is 0.906 bits per heavy atom. The largest absolute Gasteiger partial charge is 0.496 e. The van der Waals surface area contributed by atoms with Gasteiger partial charge in [0.2, 0.25) is 12.0 Å². The first-order chi connectivity index (χ1) is 30.6. The van der Waals surface area contributed by atoms with Crippen LogP contribution in [0.15, 0.2) is 36.4 Å². The summed E-state index contributed by atoms with van der Waals surface area (Å²) in [5, 5.41) is 26.5. The lowest BCUT2D eigenvalue weighted by Gasteiger charge is -2.63. The molecular weight excluding hydrogens is 817 g/mol. The lowest BCUT2D eigenvalue weighted by atomic mass is 9.47. The maximum Gasteiger partial charge on any atom is 0.344 e. The molecule has 1 spiro atoms. The van der Waals surface area contributed by atoms with E-state index < -0.39 is 63.5 Å². The molecule has 14 heteroatoms. The van der Waals surface area contributed by atoms with Crippen molar-refractivity contribution in [1.82, 2.24) is 14.8 Å². The molecule has 3 aromatic rings. The Morgan fingerprint density at radius 3 is 2.28 bits per heavy atom. The number of carbonyl (C=O) groups is 4. The van der Waals surface area contributed by atoms with E-state index >= 15 is 4.79 Å². The second-order valence-corrected chi connectivity index (χ2v) is 19.4. The normalized spacial score (nSPS) is 35.0. The van der Waals surface area contributed by atoms with Gasteiger partial charge in [0, 0.05) is 78.2 Å². The average molecular weight is 881 g/mol. The predicted octanol–water partition coefficient (Wildman–Crippen LogP) is 4.64. The molecule has 64 heavy (non-hydrogen) atoms. The molecule has 0 radical (unpaired) electrons. The zero-order chi connectivity index (χ0) is 45.7. The second-order valence-electron chi connectivity index (χ2n) is 19.4. The standard InChI is InChI=1S/C50H64N4O10/c1-9-31-20-34-33-14-18-52-26-30(24-46(59,11-3)27-52)25-49(44(57)62-7,40(33)51-37(34)21-32(31)10-2)36-22-35-38(23-39(36)61-6)54(28-55)42-48(35)16-19-53-17-13-15-47(12-4,41(48)53)43(64-29(5)56)50(42,60)45(58)63-8/h13,15,20-23,28,30,41-43,51,59-60H,9-12,14,16-19,24-27H2,1-8H3/t30-,41+,42-,43-,46+,47-,48-,49+,50+/m1/s1. The predicted molar refractivity (Wildman–Crippen MR) is 239 cm³/mol. The second kappa shape index (κ2) is 15.7. The smallest absolute Gasteiger partial charge is 0.344 e. The number of nitrogens with one attached hydrogen (secondary N) is 1. The van der Waals surface area contributed by atoms with Gasteiger partial charge in [-0.05, 0) is 104 Å². The maximum atomic E-state index is 15.6. The Labute approximate surface area is 375 Å².